The Bertz CT molecular complexity index is 595. The van der Waals surface area contributed by atoms with E-state index in [1.165, 1.54) is 11.3 Å². The number of aromatic nitrogens is 1. The van der Waals surface area contributed by atoms with Gasteiger partial charge in [0.05, 0.1) is 22.7 Å². The Hall–Kier alpha value is -1.88. The van der Waals surface area contributed by atoms with Gasteiger partial charge in [-0.3, -0.25) is 0 Å². The number of carbonyl (C=O) groups excluding carboxylic acids is 1. The molecule has 0 aliphatic heterocycles. The van der Waals surface area contributed by atoms with Gasteiger partial charge in [0, 0.05) is 5.69 Å². The molecule has 0 fully saturated rings. The van der Waals surface area contributed by atoms with Crippen molar-refractivity contribution in [3.05, 3.63) is 45.9 Å². The zero-order valence-electron chi connectivity index (χ0n) is 11.8. The number of nitrogens with one attached hydrogen (secondary N) is 1. The van der Waals surface area contributed by atoms with Crippen LogP contribution in [0.25, 0.3) is 0 Å². The number of thiazole rings is 1. The van der Waals surface area contributed by atoms with Crippen LogP contribution in [0.5, 0.6) is 0 Å². The SMILES string of the molecule is CCOC(=O)C(Nc1cccc(C)c1)c1scnc1C. The minimum Gasteiger partial charge on any atom is -0.464 e. The van der Waals surface area contributed by atoms with Gasteiger partial charge in [-0.1, -0.05) is 12.1 Å². The largest absolute Gasteiger partial charge is 0.464 e. The first-order valence-electron chi connectivity index (χ1n) is 6.51. The first-order valence-corrected chi connectivity index (χ1v) is 7.39. The quantitative estimate of drug-likeness (QED) is 0.857. The minimum absolute atomic E-state index is 0.277. The predicted octanol–water partition coefficient (Wildman–Crippen LogP) is 3.48. The maximum absolute atomic E-state index is 12.2. The molecule has 1 atom stereocenters. The molecule has 2 aromatic rings. The summed E-state index contributed by atoms with van der Waals surface area (Å²) < 4.78 is 5.16. The van der Waals surface area contributed by atoms with Crippen LogP contribution in [0.1, 0.15) is 29.1 Å². The lowest BCUT2D eigenvalue weighted by atomic mass is 10.1. The number of anilines is 1. The summed E-state index contributed by atoms with van der Waals surface area (Å²) in [6, 6.07) is 7.41. The fourth-order valence-corrected chi connectivity index (χ4v) is 2.79. The first kappa shape index (κ1) is 14.5. The summed E-state index contributed by atoms with van der Waals surface area (Å²) in [6.07, 6.45) is 0. The van der Waals surface area contributed by atoms with Crippen molar-refractivity contribution >= 4 is 23.0 Å². The van der Waals surface area contributed by atoms with Crippen LogP contribution in [0.4, 0.5) is 5.69 Å². The molecule has 0 spiro atoms. The molecule has 0 radical (unpaired) electrons. The van der Waals surface area contributed by atoms with Crippen molar-refractivity contribution < 1.29 is 9.53 Å². The molecule has 4 nitrogen and oxygen atoms in total. The van der Waals surface area contributed by atoms with E-state index in [9.17, 15) is 4.79 Å². The second kappa shape index (κ2) is 6.52. The molecule has 0 bridgehead atoms. The topological polar surface area (TPSA) is 51.2 Å². The van der Waals surface area contributed by atoms with Crippen LogP contribution in [0.2, 0.25) is 0 Å². The summed E-state index contributed by atoms with van der Waals surface area (Å²) in [7, 11) is 0. The van der Waals surface area contributed by atoms with E-state index in [0.29, 0.717) is 6.61 Å². The van der Waals surface area contributed by atoms with E-state index in [0.717, 1.165) is 21.8 Å². The van der Waals surface area contributed by atoms with E-state index >= 15 is 0 Å². The van der Waals surface area contributed by atoms with Gasteiger partial charge in [0.25, 0.3) is 0 Å². The van der Waals surface area contributed by atoms with Crippen LogP contribution in [0.15, 0.2) is 29.8 Å². The normalized spacial score (nSPS) is 11.9. The molecule has 5 heteroatoms. The number of esters is 1. The summed E-state index contributed by atoms with van der Waals surface area (Å²) in [5, 5.41) is 3.24. The molecule has 0 aliphatic rings. The van der Waals surface area contributed by atoms with Gasteiger partial charge in [-0.25, -0.2) is 9.78 Å². The van der Waals surface area contributed by atoms with Gasteiger partial charge in [-0.15, -0.1) is 11.3 Å². The van der Waals surface area contributed by atoms with E-state index in [2.05, 4.69) is 10.3 Å². The molecule has 0 aliphatic carbocycles. The number of benzene rings is 1. The third-order valence-corrected chi connectivity index (χ3v) is 3.89. The lowest BCUT2D eigenvalue weighted by molar-refractivity contribution is -0.144. The van der Waals surface area contributed by atoms with Gasteiger partial charge in [-0.05, 0) is 38.5 Å². The highest BCUT2D eigenvalue weighted by atomic mass is 32.1. The summed E-state index contributed by atoms with van der Waals surface area (Å²) in [5.41, 5.74) is 4.64. The maximum Gasteiger partial charge on any atom is 0.334 e. The molecule has 0 saturated carbocycles. The highest BCUT2D eigenvalue weighted by molar-refractivity contribution is 7.10. The third-order valence-electron chi connectivity index (χ3n) is 2.90. The second-order valence-electron chi connectivity index (χ2n) is 4.50. The van der Waals surface area contributed by atoms with Crippen molar-refractivity contribution in [1.29, 1.82) is 0 Å². The fourth-order valence-electron chi connectivity index (χ4n) is 1.95. The maximum atomic E-state index is 12.2. The molecule has 20 heavy (non-hydrogen) atoms. The highest BCUT2D eigenvalue weighted by Crippen LogP contribution is 2.27. The Morgan fingerprint density at radius 3 is 2.85 bits per heavy atom. The third kappa shape index (κ3) is 3.36. The van der Waals surface area contributed by atoms with Gasteiger partial charge in [0.1, 0.15) is 0 Å². The van der Waals surface area contributed by atoms with Crippen LogP contribution in [-0.4, -0.2) is 17.6 Å². The molecule has 1 unspecified atom stereocenters. The Morgan fingerprint density at radius 1 is 1.45 bits per heavy atom. The predicted molar refractivity (Wildman–Crippen MR) is 81.0 cm³/mol. The Kier molecular flexibility index (Phi) is 4.74. The van der Waals surface area contributed by atoms with Gasteiger partial charge in [0.2, 0.25) is 0 Å². The van der Waals surface area contributed by atoms with Crippen molar-refractivity contribution in [2.75, 3.05) is 11.9 Å². The Labute approximate surface area is 122 Å². The Balaban J connectivity index is 2.28. The van der Waals surface area contributed by atoms with Gasteiger partial charge in [-0.2, -0.15) is 0 Å². The summed E-state index contributed by atoms with van der Waals surface area (Å²) >= 11 is 1.46. The van der Waals surface area contributed by atoms with Crippen molar-refractivity contribution in [3.8, 4) is 0 Å². The second-order valence-corrected chi connectivity index (χ2v) is 5.39. The first-order chi connectivity index (χ1) is 9.61. The number of ether oxygens (including phenoxy) is 1. The van der Waals surface area contributed by atoms with Crippen LogP contribution in [0.3, 0.4) is 0 Å². The highest BCUT2D eigenvalue weighted by Gasteiger charge is 2.25. The van der Waals surface area contributed by atoms with Gasteiger partial charge >= 0.3 is 5.97 Å². The average Bonchev–Trinajstić information content (AvgIpc) is 2.82. The molecule has 2 rings (SSSR count). The van der Waals surface area contributed by atoms with E-state index in [1.54, 1.807) is 12.4 Å². The fraction of sp³-hybridized carbons (Fsp3) is 0.333. The molecule has 1 heterocycles. The van der Waals surface area contributed by atoms with Crippen molar-refractivity contribution in [2.24, 2.45) is 0 Å². The molecule has 1 aromatic heterocycles. The van der Waals surface area contributed by atoms with E-state index in [-0.39, 0.29) is 5.97 Å². The van der Waals surface area contributed by atoms with Gasteiger partial charge < -0.3 is 10.1 Å². The zero-order valence-corrected chi connectivity index (χ0v) is 12.7. The lowest BCUT2D eigenvalue weighted by Gasteiger charge is -2.18. The summed E-state index contributed by atoms with van der Waals surface area (Å²) in [5.74, 6) is -0.277. The smallest absolute Gasteiger partial charge is 0.334 e. The molecular weight excluding hydrogens is 272 g/mol. The van der Waals surface area contributed by atoms with Crippen LogP contribution >= 0.6 is 11.3 Å². The van der Waals surface area contributed by atoms with E-state index in [4.69, 9.17) is 4.74 Å². The minimum atomic E-state index is -0.510. The molecule has 1 N–H and O–H groups in total. The molecular formula is C15H18N2O2S. The van der Waals surface area contributed by atoms with E-state index < -0.39 is 6.04 Å². The Morgan fingerprint density at radius 2 is 2.25 bits per heavy atom. The van der Waals surface area contributed by atoms with E-state index in [1.807, 2.05) is 38.1 Å². The number of rotatable bonds is 5. The van der Waals surface area contributed by atoms with Crippen LogP contribution in [0, 0.1) is 13.8 Å². The summed E-state index contributed by atoms with van der Waals surface area (Å²) in [4.78, 5) is 17.3. The number of hydrogen-bond acceptors (Lipinski definition) is 5. The number of nitrogens with zero attached hydrogens (tertiary/aromatic N) is 1. The van der Waals surface area contributed by atoms with Crippen LogP contribution < -0.4 is 5.32 Å². The van der Waals surface area contributed by atoms with Crippen LogP contribution in [-0.2, 0) is 9.53 Å². The molecule has 1 aromatic carbocycles. The number of hydrogen-bond donors (Lipinski definition) is 1. The lowest BCUT2D eigenvalue weighted by Crippen LogP contribution is -2.23. The number of aryl methyl sites for hydroxylation is 2. The van der Waals surface area contributed by atoms with Crippen molar-refractivity contribution in [2.45, 2.75) is 26.8 Å². The number of carbonyl (C=O) groups is 1. The molecule has 106 valence electrons. The molecule has 0 saturated heterocycles. The molecule has 0 amide bonds. The average molecular weight is 290 g/mol. The van der Waals surface area contributed by atoms with Crippen molar-refractivity contribution in [3.63, 3.8) is 0 Å². The summed E-state index contributed by atoms with van der Waals surface area (Å²) in [6.45, 7) is 6.09. The van der Waals surface area contributed by atoms with Gasteiger partial charge in [0.15, 0.2) is 6.04 Å². The monoisotopic (exact) mass is 290 g/mol. The standard InChI is InChI=1S/C15H18N2O2S/c1-4-19-15(18)13(14-11(3)16-9-20-14)17-12-7-5-6-10(2)8-12/h5-9,13,17H,4H2,1-3H3. The van der Waals surface area contributed by atoms with Crippen molar-refractivity contribution in [1.82, 2.24) is 4.98 Å². The zero-order chi connectivity index (χ0) is 14.5.